The second-order valence-electron chi connectivity index (χ2n) is 4.59. The summed E-state index contributed by atoms with van der Waals surface area (Å²) in [6.45, 7) is 5.18. The van der Waals surface area contributed by atoms with E-state index in [2.05, 4.69) is 29.3 Å². The molecule has 0 aromatic carbocycles. The smallest absolute Gasteiger partial charge is 0.321 e. The maximum Gasteiger partial charge on any atom is 0.321 e. The zero-order chi connectivity index (χ0) is 11.4. The van der Waals surface area contributed by atoms with Crippen LogP contribution < -0.4 is 5.32 Å². The van der Waals surface area contributed by atoms with Crippen molar-refractivity contribution in [3.63, 3.8) is 0 Å². The van der Waals surface area contributed by atoms with Gasteiger partial charge in [-0.3, -0.25) is 0 Å². The van der Waals surface area contributed by atoms with Crippen molar-refractivity contribution in [2.24, 2.45) is 5.92 Å². The van der Waals surface area contributed by atoms with Gasteiger partial charge in [0.15, 0.2) is 5.82 Å². The van der Waals surface area contributed by atoms with Gasteiger partial charge < -0.3 is 9.84 Å². The highest BCUT2D eigenvalue weighted by molar-refractivity contribution is 7.99. The van der Waals surface area contributed by atoms with E-state index < -0.39 is 0 Å². The number of thioether (sulfide) groups is 1. The first-order valence-electron chi connectivity index (χ1n) is 5.95. The average Bonchev–Trinajstić information content (AvgIpc) is 2.76. The molecule has 4 nitrogen and oxygen atoms in total. The average molecular weight is 241 g/mol. The molecule has 1 atom stereocenters. The second-order valence-corrected chi connectivity index (χ2v) is 5.90. The molecule has 0 amide bonds. The van der Waals surface area contributed by atoms with Crippen molar-refractivity contribution < 1.29 is 4.52 Å². The van der Waals surface area contributed by atoms with E-state index in [1.165, 1.54) is 25.0 Å². The third-order valence-corrected chi connectivity index (χ3v) is 3.94. The number of hydrogen-bond donors (Lipinski definition) is 1. The van der Waals surface area contributed by atoms with Gasteiger partial charge in [0.2, 0.25) is 0 Å². The lowest BCUT2D eigenvalue weighted by molar-refractivity contribution is 0.418. The molecule has 0 radical (unpaired) electrons. The van der Waals surface area contributed by atoms with Crippen molar-refractivity contribution in [1.82, 2.24) is 10.1 Å². The molecule has 2 heterocycles. The van der Waals surface area contributed by atoms with Crippen molar-refractivity contribution in [1.29, 1.82) is 0 Å². The summed E-state index contributed by atoms with van der Waals surface area (Å²) in [6, 6.07) is 0.565. The lowest BCUT2D eigenvalue weighted by atomic mass is 10.2. The van der Waals surface area contributed by atoms with E-state index in [0.717, 1.165) is 12.4 Å². The summed E-state index contributed by atoms with van der Waals surface area (Å²) in [6.07, 6.45) is 3.77. The SMILES string of the molecule is CC(C)CNc1nc(C2CCCCS2)no1. The second kappa shape index (κ2) is 5.57. The van der Waals surface area contributed by atoms with Crippen LogP contribution in [0, 0.1) is 5.92 Å². The summed E-state index contributed by atoms with van der Waals surface area (Å²) in [5.74, 6) is 2.66. The molecule has 2 rings (SSSR count). The maximum atomic E-state index is 5.18. The van der Waals surface area contributed by atoms with Crippen molar-refractivity contribution in [3.05, 3.63) is 5.82 Å². The fourth-order valence-corrected chi connectivity index (χ4v) is 2.91. The first kappa shape index (κ1) is 11.8. The van der Waals surface area contributed by atoms with Crippen LogP contribution in [0.2, 0.25) is 0 Å². The monoisotopic (exact) mass is 241 g/mol. The van der Waals surface area contributed by atoms with E-state index in [4.69, 9.17) is 4.52 Å². The Bertz CT molecular complexity index is 321. The number of hydrogen-bond acceptors (Lipinski definition) is 5. The Hall–Kier alpha value is -0.710. The zero-order valence-electron chi connectivity index (χ0n) is 9.90. The Morgan fingerprint density at radius 2 is 2.38 bits per heavy atom. The van der Waals surface area contributed by atoms with Crippen molar-refractivity contribution in [2.75, 3.05) is 17.6 Å². The molecule has 1 saturated heterocycles. The van der Waals surface area contributed by atoms with Gasteiger partial charge in [-0.1, -0.05) is 25.4 Å². The third kappa shape index (κ3) is 3.14. The molecule has 1 aromatic heterocycles. The van der Waals surface area contributed by atoms with E-state index in [1.54, 1.807) is 0 Å². The van der Waals surface area contributed by atoms with Crippen molar-refractivity contribution in [2.45, 2.75) is 38.4 Å². The Kier molecular flexibility index (Phi) is 4.09. The molecule has 1 aliphatic heterocycles. The van der Waals surface area contributed by atoms with E-state index in [1.807, 2.05) is 11.8 Å². The van der Waals surface area contributed by atoms with E-state index in [9.17, 15) is 0 Å². The molecule has 90 valence electrons. The van der Waals surface area contributed by atoms with E-state index in [0.29, 0.717) is 17.2 Å². The quantitative estimate of drug-likeness (QED) is 0.877. The van der Waals surface area contributed by atoms with Crippen molar-refractivity contribution >= 4 is 17.8 Å². The van der Waals surface area contributed by atoms with Crippen LogP contribution in [0.5, 0.6) is 0 Å². The van der Waals surface area contributed by atoms with Crippen LogP contribution in [0.3, 0.4) is 0 Å². The molecule has 1 aliphatic rings. The van der Waals surface area contributed by atoms with Crippen LogP contribution in [0.1, 0.15) is 44.2 Å². The predicted octanol–water partition coefficient (Wildman–Crippen LogP) is 3.10. The van der Waals surface area contributed by atoms with Crippen LogP contribution >= 0.6 is 11.8 Å². The van der Waals surface area contributed by atoms with Gasteiger partial charge in [0.25, 0.3) is 0 Å². The van der Waals surface area contributed by atoms with Crippen LogP contribution in [0.25, 0.3) is 0 Å². The number of rotatable bonds is 4. The zero-order valence-corrected chi connectivity index (χ0v) is 10.7. The fraction of sp³-hybridized carbons (Fsp3) is 0.818. The topological polar surface area (TPSA) is 51.0 Å². The Labute approximate surface area is 101 Å². The molecule has 16 heavy (non-hydrogen) atoms. The number of aromatic nitrogens is 2. The maximum absolute atomic E-state index is 5.18. The Morgan fingerprint density at radius 1 is 1.50 bits per heavy atom. The van der Waals surface area contributed by atoms with Crippen molar-refractivity contribution in [3.8, 4) is 0 Å². The van der Waals surface area contributed by atoms with Gasteiger partial charge in [0.05, 0.1) is 5.25 Å². The van der Waals surface area contributed by atoms with Gasteiger partial charge in [0, 0.05) is 6.54 Å². The molecular weight excluding hydrogens is 222 g/mol. The summed E-state index contributed by atoms with van der Waals surface area (Å²) >= 11 is 1.94. The van der Waals surface area contributed by atoms with Gasteiger partial charge in [0.1, 0.15) is 0 Å². The lowest BCUT2D eigenvalue weighted by Gasteiger charge is -2.17. The van der Waals surface area contributed by atoms with E-state index in [-0.39, 0.29) is 0 Å². The lowest BCUT2D eigenvalue weighted by Crippen LogP contribution is -2.08. The molecule has 5 heteroatoms. The predicted molar refractivity (Wildman–Crippen MR) is 66.7 cm³/mol. The molecule has 1 aromatic rings. The van der Waals surface area contributed by atoms with Gasteiger partial charge in [-0.2, -0.15) is 16.7 Å². The highest BCUT2D eigenvalue weighted by atomic mass is 32.2. The first-order valence-corrected chi connectivity index (χ1v) is 6.99. The number of anilines is 1. The van der Waals surface area contributed by atoms with Gasteiger partial charge in [-0.25, -0.2) is 0 Å². The number of nitrogens with zero attached hydrogens (tertiary/aromatic N) is 2. The summed E-state index contributed by atoms with van der Waals surface area (Å²) in [5.41, 5.74) is 0. The van der Waals surface area contributed by atoms with Crippen LogP contribution in [0.4, 0.5) is 6.01 Å². The fourth-order valence-electron chi connectivity index (χ4n) is 1.67. The highest BCUT2D eigenvalue weighted by Gasteiger charge is 2.21. The van der Waals surface area contributed by atoms with Gasteiger partial charge in [-0.15, -0.1) is 0 Å². The van der Waals surface area contributed by atoms with Crippen LogP contribution in [-0.2, 0) is 0 Å². The van der Waals surface area contributed by atoms with Gasteiger partial charge >= 0.3 is 6.01 Å². The third-order valence-electron chi connectivity index (χ3n) is 2.57. The summed E-state index contributed by atoms with van der Waals surface area (Å²) in [7, 11) is 0. The largest absolute Gasteiger partial charge is 0.337 e. The summed E-state index contributed by atoms with van der Waals surface area (Å²) < 4.78 is 5.18. The Morgan fingerprint density at radius 3 is 3.06 bits per heavy atom. The summed E-state index contributed by atoms with van der Waals surface area (Å²) in [5, 5.41) is 7.64. The molecule has 0 bridgehead atoms. The van der Waals surface area contributed by atoms with Gasteiger partial charge in [-0.05, 0) is 24.5 Å². The first-order chi connectivity index (χ1) is 7.75. The van der Waals surface area contributed by atoms with Crippen LogP contribution in [-0.4, -0.2) is 22.4 Å². The minimum atomic E-state index is 0.437. The molecular formula is C11H19N3OS. The van der Waals surface area contributed by atoms with E-state index >= 15 is 0 Å². The highest BCUT2D eigenvalue weighted by Crippen LogP contribution is 2.36. The molecule has 0 saturated carbocycles. The standard InChI is InChI=1S/C11H19N3OS/c1-8(2)7-12-11-13-10(14-15-11)9-5-3-4-6-16-9/h8-9H,3-7H2,1-2H3,(H,12,13,14). The molecule has 1 unspecified atom stereocenters. The molecule has 1 N–H and O–H groups in total. The minimum absolute atomic E-state index is 0.437. The van der Waals surface area contributed by atoms with Crippen LogP contribution in [0.15, 0.2) is 4.52 Å². The Balaban J connectivity index is 1.90. The number of nitrogens with one attached hydrogen (secondary N) is 1. The molecule has 0 aliphatic carbocycles. The summed E-state index contributed by atoms with van der Waals surface area (Å²) in [4.78, 5) is 4.40. The normalized spacial score (nSPS) is 21.3. The minimum Gasteiger partial charge on any atom is -0.337 e. The molecule has 1 fully saturated rings. The molecule has 0 spiro atoms.